The molecule has 0 saturated heterocycles. The van der Waals surface area contributed by atoms with Crippen molar-refractivity contribution in [3.05, 3.63) is 65.6 Å². The second kappa shape index (κ2) is 9.82. The van der Waals surface area contributed by atoms with Crippen LogP contribution in [-0.4, -0.2) is 26.7 Å². The molecular formula is C20H20FN3O3. The quantitative estimate of drug-likeness (QED) is 0.552. The van der Waals surface area contributed by atoms with Gasteiger partial charge in [-0.05, 0) is 36.2 Å². The zero-order valence-corrected chi connectivity index (χ0v) is 15.1. The highest BCUT2D eigenvalue weighted by atomic mass is 19.1. The third-order valence-electron chi connectivity index (χ3n) is 3.76. The summed E-state index contributed by atoms with van der Waals surface area (Å²) in [5, 5.41) is 14.4. The van der Waals surface area contributed by atoms with Gasteiger partial charge in [-0.15, -0.1) is 0 Å². The summed E-state index contributed by atoms with van der Waals surface area (Å²) in [5.41, 5.74) is 0.980. The Kier molecular flexibility index (Phi) is 7.20. The normalized spacial score (nSPS) is 10.7. The number of ether oxygens (including phenoxy) is 2. The Morgan fingerprint density at radius 3 is 2.59 bits per heavy atom. The fraction of sp³-hybridized carbons (Fsp3) is 0.200. The van der Waals surface area contributed by atoms with E-state index in [1.54, 1.807) is 38.5 Å². The predicted molar refractivity (Wildman–Crippen MR) is 100.0 cm³/mol. The monoisotopic (exact) mass is 369 g/mol. The Hall–Kier alpha value is -3.53. The molecule has 140 valence electrons. The van der Waals surface area contributed by atoms with E-state index in [4.69, 9.17) is 14.7 Å². The van der Waals surface area contributed by atoms with Gasteiger partial charge in [0.15, 0.2) is 11.5 Å². The van der Waals surface area contributed by atoms with E-state index in [2.05, 4.69) is 10.6 Å². The van der Waals surface area contributed by atoms with E-state index in [9.17, 15) is 9.18 Å². The number of anilines is 1. The zero-order chi connectivity index (χ0) is 19.6. The summed E-state index contributed by atoms with van der Waals surface area (Å²) in [7, 11) is 3.11. The molecule has 2 rings (SSSR count). The minimum Gasteiger partial charge on any atom is -0.493 e. The molecule has 2 N–H and O–H groups in total. The summed E-state index contributed by atoms with van der Waals surface area (Å²) in [6.45, 7) is 0.326. The molecule has 0 aliphatic rings. The summed E-state index contributed by atoms with van der Waals surface area (Å²) in [6.07, 6.45) is 1.73. The fourth-order valence-corrected chi connectivity index (χ4v) is 2.33. The van der Waals surface area contributed by atoms with Crippen molar-refractivity contribution < 1.29 is 18.7 Å². The Morgan fingerprint density at radius 2 is 1.93 bits per heavy atom. The molecule has 0 saturated carbocycles. The lowest BCUT2D eigenvalue weighted by Crippen LogP contribution is -2.27. The second-order valence-corrected chi connectivity index (χ2v) is 5.49. The van der Waals surface area contributed by atoms with Crippen molar-refractivity contribution in [3.8, 4) is 17.6 Å². The van der Waals surface area contributed by atoms with Gasteiger partial charge in [0.25, 0.3) is 5.91 Å². The van der Waals surface area contributed by atoms with E-state index < -0.39 is 11.7 Å². The SMILES string of the molecule is COc1ccc(CCNC(=O)/C(C#N)=C\Nc2ccccc2F)cc1OC. The summed E-state index contributed by atoms with van der Waals surface area (Å²) in [5.74, 6) is 0.217. The Morgan fingerprint density at radius 1 is 1.19 bits per heavy atom. The number of carbonyl (C=O) groups is 1. The number of hydrogen-bond donors (Lipinski definition) is 2. The van der Waals surface area contributed by atoms with E-state index in [0.717, 1.165) is 5.56 Å². The first-order valence-corrected chi connectivity index (χ1v) is 8.19. The highest BCUT2D eigenvalue weighted by molar-refractivity contribution is 5.97. The van der Waals surface area contributed by atoms with Crippen LogP contribution in [-0.2, 0) is 11.2 Å². The number of para-hydroxylation sites is 1. The van der Waals surface area contributed by atoms with Crippen LogP contribution >= 0.6 is 0 Å². The van der Waals surface area contributed by atoms with Crippen molar-refractivity contribution in [2.45, 2.75) is 6.42 Å². The standard InChI is InChI=1S/C20H20FN3O3/c1-26-18-8-7-14(11-19(18)27-2)9-10-23-20(25)15(12-22)13-24-17-6-4-3-5-16(17)21/h3-8,11,13,24H,9-10H2,1-2H3,(H,23,25)/b15-13-. The highest BCUT2D eigenvalue weighted by Gasteiger charge is 2.10. The maximum Gasteiger partial charge on any atom is 0.263 e. The lowest BCUT2D eigenvalue weighted by atomic mass is 10.1. The van der Waals surface area contributed by atoms with Crippen LogP contribution in [0.25, 0.3) is 0 Å². The molecule has 0 spiro atoms. The number of hydrogen-bond acceptors (Lipinski definition) is 5. The van der Waals surface area contributed by atoms with Gasteiger partial charge in [0.1, 0.15) is 17.5 Å². The number of benzene rings is 2. The molecule has 0 heterocycles. The minimum absolute atomic E-state index is 0.148. The lowest BCUT2D eigenvalue weighted by molar-refractivity contribution is -0.117. The molecule has 1 amide bonds. The number of carbonyl (C=O) groups excluding carboxylic acids is 1. The van der Waals surface area contributed by atoms with Gasteiger partial charge < -0.3 is 20.1 Å². The van der Waals surface area contributed by atoms with E-state index in [0.29, 0.717) is 24.5 Å². The third kappa shape index (κ3) is 5.47. The van der Waals surface area contributed by atoms with E-state index in [-0.39, 0.29) is 11.3 Å². The molecule has 0 bridgehead atoms. The summed E-state index contributed by atoms with van der Waals surface area (Å²) in [4.78, 5) is 12.1. The first kappa shape index (κ1) is 19.8. The molecule has 0 aliphatic carbocycles. The van der Waals surface area contributed by atoms with E-state index >= 15 is 0 Å². The van der Waals surface area contributed by atoms with Gasteiger partial charge >= 0.3 is 0 Å². The number of amides is 1. The van der Waals surface area contributed by atoms with Gasteiger partial charge in [-0.1, -0.05) is 18.2 Å². The number of nitrogens with zero attached hydrogens (tertiary/aromatic N) is 1. The van der Waals surface area contributed by atoms with Crippen LogP contribution in [0.5, 0.6) is 11.5 Å². The van der Waals surface area contributed by atoms with Crippen LogP contribution < -0.4 is 20.1 Å². The fourth-order valence-electron chi connectivity index (χ4n) is 2.33. The van der Waals surface area contributed by atoms with Gasteiger partial charge in [0, 0.05) is 12.7 Å². The molecule has 0 fully saturated rings. The van der Waals surface area contributed by atoms with Gasteiger partial charge in [-0.25, -0.2) is 4.39 Å². The highest BCUT2D eigenvalue weighted by Crippen LogP contribution is 2.27. The molecule has 6 nitrogen and oxygen atoms in total. The lowest BCUT2D eigenvalue weighted by Gasteiger charge is -2.10. The third-order valence-corrected chi connectivity index (χ3v) is 3.76. The molecule has 7 heteroatoms. The number of rotatable bonds is 8. The smallest absolute Gasteiger partial charge is 0.263 e. The summed E-state index contributed by atoms with van der Waals surface area (Å²) < 4.78 is 24.0. The van der Waals surface area contributed by atoms with Crippen LogP contribution in [0.1, 0.15) is 5.56 Å². The first-order chi connectivity index (χ1) is 13.1. The molecule has 0 atom stereocenters. The van der Waals surface area contributed by atoms with Crippen LogP contribution in [0.2, 0.25) is 0 Å². The van der Waals surface area contributed by atoms with Crippen molar-refractivity contribution >= 4 is 11.6 Å². The van der Waals surface area contributed by atoms with Gasteiger partial charge in [0.2, 0.25) is 0 Å². The number of nitriles is 1. The molecule has 0 radical (unpaired) electrons. The number of halogens is 1. The second-order valence-electron chi connectivity index (χ2n) is 5.49. The van der Waals surface area contributed by atoms with Crippen molar-refractivity contribution in [1.29, 1.82) is 5.26 Å². The molecule has 27 heavy (non-hydrogen) atoms. The van der Waals surface area contributed by atoms with Crippen LogP contribution in [0.15, 0.2) is 54.2 Å². The summed E-state index contributed by atoms with van der Waals surface area (Å²) >= 11 is 0. The van der Waals surface area contributed by atoms with E-state index in [1.165, 1.54) is 18.3 Å². The molecule has 0 unspecified atom stereocenters. The average Bonchev–Trinajstić information content (AvgIpc) is 2.69. The van der Waals surface area contributed by atoms with Crippen molar-refractivity contribution in [1.82, 2.24) is 5.32 Å². The van der Waals surface area contributed by atoms with Crippen LogP contribution in [0, 0.1) is 17.1 Å². The minimum atomic E-state index is -0.540. The Balaban J connectivity index is 1.93. The first-order valence-electron chi connectivity index (χ1n) is 8.19. The van der Waals surface area contributed by atoms with Gasteiger partial charge in [-0.2, -0.15) is 5.26 Å². The number of methoxy groups -OCH3 is 2. The molecular weight excluding hydrogens is 349 g/mol. The summed E-state index contributed by atoms with van der Waals surface area (Å²) in [6, 6.07) is 13.3. The van der Waals surface area contributed by atoms with Crippen molar-refractivity contribution in [2.75, 3.05) is 26.1 Å². The van der Waals surface area contributed by atoms with Gasteiger partial charge in [-0.3, -0.25) is 4.79 Å². The van der Waals surface area contributed by atoms with Crippen molar-refractivity contribution in [2.24, 2.45) is 0 Å². The molecule has 0 aromatic heterocycles. The van der Waals surface area contributed by atoms with Gasteiger partial charge in [0.05, 0.1) is 19.9 Å². The van der Waals surface area contributed by atoms with E-state index in [1.807, 2.05) is 12.1 Å². The largest absolute Gasteiger partial charge is 0.493 e. The van der Waals surface area contributed by atoms with Crippen LogP contribution in [0.4, 0.5) is 10.1 Å². The topological polar surface area (TPSA) is 83.4 Å². The zero-order valence-electron chi connectivity index (χ0n) is 15.1. The van der Waals surface area contributed by atoms with Crippen molar-refractivity contribution in [3.63, 3.8) is 0 Å². The Labute approximate surface area is 157 Å². The molecule has 0 aliphatic heterocycles. The van der Waals surface area contributed by atoms with Crippen LogP contribution in [0.3, 0.4) is 0 Å². The molecule has 2 aromatic carbocycles. The predicted octanol–water partition coefficient (Wildman–Crippen LogP) is 3.02. The molecule has 2 aromatic rings. The number of nitrogens with one attached hydrogen (secondary N) is 2. The average molecular weight is 369 g/mol. The maximum absolute atomic E-state index is 13.6. The Bertz CT molecular complexity index is 875. The maximum atomic E-state index is 13.6.